The molecule has 1 aromatic rings. The van der Waals surface area contributed by atoms with Gasteiger partial charge in [-0.2, -0.15) is 5.90 Å². The number of ether oxygens (including phenoxy) is 1. The van der Waals surface area contributed by atoms with Crippen molar-refractivity contribution >= 4 is 12.4 Å². The van der Waals surface area contributed by atoms with Crippen molar-refractivity contribution in [3.05, 3.63) is 30.3 Å². The van der Waals surface area contributed by atoms with Crippen molar-refractivity contribution in [2.75, 3.05) is 13.2 Å². The number of hydrogen-bond donors (Lipinski definition) is 1. The molecule has 0 aliphatic heterocycles. The van der Waals surface area contributed by atoms with Crippen LogP contribution >= 0.6 is 12.4 Å². The van der Waals surface area contributed by atoms with Crippen molar-refractivity contribution in [2.24, 2.45) is 5.90 Å². The quantitative estimate of drug-likeness (QED) is 0.447. The van der Waals surface area contributed by atoms with E-state index in [0.717, 1.165) is 5.75 Å². The highest BCUT2D eigenvalue weighted by atomic mass is 35.5. The van der Waals surface area contributed by atoms with Crippen LogP contribution in [0.25, 0.3) is 0 Å². The summed E-state index contributed by atoms with van der Waals surface area (Å²) in [4.78, 5) is 8.31. The van der Waals surface area contributed by atoms with Gasteiger partial charge >= 0.3 is 0 Å². The Morgan fingerprint density at radius 1 is 1.08 bits per heavy atom. The second-order valence-electron chi connectivity index (χ2n) is 2.08. The summed E-state index contributed by atoms with van der Waals surface area (Å²) in [6, 6.07) is 9.45. The lowest BCUT2D eigenvalue weighted by atomic mass is 10.3. The minimum absolute atomic E-state index is 0. The van der Waals surface area contributed by atoms with Gasteiger partial charge in [0, 0.05) is 0 Å². The predicted molar refractivity (Wildman–Crippen MR) is 50.4 cm³/mol. The van der Waals surface area contributed by atoms with Crippen molar-refractivity contribution in [3.8, 4) is 5.75 Å². The highest BCUT2D eigenvalue weighted by Gasteiger charge is 1.90. The molecule has 1 aromatic carbocycles. The molecule has 4 nitrogen and oxygen atoms in total. The third kappa shape index (κ3) is 5.43. The molecular formula is C8H12ClNO3. The molecular weight excluding hydrogens is 194 g/mol. The van der Waals surface area contributed by atoms with Crippen LogP contribution in [0, 0.1) is 0 Å². The number of benzene rings is 1. The van der Waals surface area contributed by atoms with Crippen molar-refractivity contribution in [2.45, 2.75) is 0 Å². The van der Waals surface area contributed by atoms with E-state index in [4.69, 9.17) is 4.74 Å². The van der Waals surface area contributed by atoms with Crippen molar-refractivity contribution in [3.63, 3.8) is 0 Å². The maximum Gasteiger partial charge on any atom is 0.119 e. The third-order valence-electron chi connectivity index (χ3n) is 1.25. The smallest absolute Gasteiger partial charge is 0.119 e. The van der Waals surface area contributed by atoms with E-state index in [1.807, 2.05) is 30.3 Å². The van der Waals surface area contributed by atoms with Crippen molar-refractivity contribution < 1.29 is 14.6 Å². The van der Waals surface area contributed by atoms with Crippen molar-refractivity contribution in [1.82, 2.24) is 0 Å². The molecule has 0 aliphatic carbocycles. The second-order valence-corrected chi connectivity index (χ2v) is 2.08. The highest BCUT2D eigenvalue weighted by molar-refractivity contribution is 5.85. The Bertz CT molecular complexity index is 208. The molecule has 0 aromatic heterocycles. The van der Waals surface area contributed by atoms with E-state index >= 15 is 0 Å². The molecule has 0 saturated heterocycles. The fourth-order valence-corrected chi connectivity index (χ4v) is 0.758. The Labute approximate surface area is 82.9 Å². The molecule has 0 saturated carbocycles. The van der Waals surface area contributed by atoms with Gasteiger partial charge in [-0.1, -0.05) is 18.2 Å². The standard InChI is InChI=1S/C8H11NO3.ClH/c9-12-11-7-6-10-8-4-2-1-3-5-8;/h1-5H,6-7,9H2;1H. The maximum absolute atomic E-state index is 5.25. The molecule has 0 bridgehead atoms. The second kappa shape index (κ2) is 7.82. The molecule has 0 spiro atoms. The first-order chi connectivity index (χ1) is 5.93. The van der Waals surface area contributed by atoms with E-state index in [-0.39, 0.29) is 12.4 Å². The Morgan fingerprint density at radius 2 is 1.77 bits per heavy atom. The molecule has 0 fully saturated rings. The van der Waals surface area contributed by atoms with Crippen molar-refractivity contribution in [1.29, 1.82) is 0 Å². The molecule has 5 heteroatoms. The summed E-state index contributed by atoms with van der Waals surface area (Å²) >= 11 is 0. The summed E-state index contributed by atoms with van der Waals surface area (Å²) in [6.45, 7) is 0.729. The van der Waals surface area contributed by atoms with Crippen LogP contribution in [0.15, 0.2) is 30.3 Å². The van der Waals surface area contributed by atoms with Gasteiger partial charge in [-0.3, -0.25) is 0 Å². The minimum atomic E-state index is 0. The van der Waals surface area contributed by atoms with Gasteiger partial charge < -0.3 is 4.74 Å². The summed E-state index contributed by atoms with van der Waals surface area (Å²) in [5, 5.41) is 0. The van der Waals surface area contributed by atoms with Gasteiger partial charge in [-0.15, -0.1) is 17.4 Å². The summed E-state index contributed by atoms with van der Waals surface area (Å²) in [6.07, 6.45) is 0. The van der Waals surface area contributed by atoms with Crippen LogP contribution in [0.3, 0.4) is 0 Å². The Morgan fingerprint density at radius 3 is 2.38 bits per heavy atom. The normalized spacial score (nSPS) is 9.00. The Kier molecular flexibility index (Phi) is 7.33. The predicted octanol–water partition coefficient (Wildman–Crippen LogP) is 1.31. The van der Waals surface area contributed by atoms with Gasteiger partial charge in [0.05, 0.1) is 0 Å². The Balaban J connectivity index is 0.00000144. The lowest BCUT2D eigenvalue weighted by Crippen LogP contribution is -2.09. The monoisotopic (exact) mass is 205 g/mol. The van der Waals surface area contributed by atoms with E-state index in [1.165, 1.54) is 0 Å². The van der Waals surface area contributed by atoms with Gasteiger partial charge in [0.1, 0.15) is 19.0 Å². The fraction of sp³-hybridized carbons (Fsp3) is 0.250. The minimum Gasteiger partial charge on any atom is -0.491 e. The Hall–Kier alpha value is -0.810. The molecule has 74 valence electrons. The molecule has 0 amide bonds. The van der Waals surface area contributed by atoms with Crippen LogP contribution in [0.1, 0.15) is 0 Å². The van der Waals surface area contributed by atoms with E-state index in [0.29, 0.717) is 13.2 Å². The molecule has 0 atom stereocenters. The first kappa shape index (κ1) is 12.2. The first-order valence-electron chi connectivity index (χ1n) is 3.59. The average molecular weight is 206 g/mol. The highest BCUT2D eigenvalue weighted by Crippen LogP contribution is 2.07. The molecule has 2 N–H and O–H groups in total. The SMILES string of the molecule is Cl.NOOCCOc1ccccc1. The zero-order chi connectivity index (χ0) is 8.65. The van der Waals surface area contributed by atoms with Crippen LogP contribution in [0.4, 0.5) is 0 Å². The van der Waals surface area contributed by atoms with Gasteiger partial charge in [0.15, 0.2) is 0 Å². The summed E-state index contributed by atoms with van der Waals surface area (Å²) < 4.78 is 5.25. The van der Waals surface area contributed by atoms with Crippen LogP contribution < -0.4 is 10.6 Å². The zero-order valence-electron chi connectivity index (χ0n) is 7.01. The lowest BCUT2D eigenvalue weighted by Gasteiger charge is -2.03. The summed E-state index contributed by atoms with van der Waals surface area (Å²) in [5.74, 6) is 5.43. The van der Waals surface area contributed by atoms with E-state index in [1.54, 1.807) is 0 Å². The molecule has 1 rings (SSSR count). The largest absolute Gasteiger partial charge is 0.491 e. The number of halogens is 1. The average Bonchev–Trinajstić information content (AvgIpc) is 2.14. The third-order valence-corrected chi connectivity index (χ3v) is 1.25. The lowest BCUT2D eigenvalue weighted by molar-refractivity contribution is -0.301. The van der Waals surface area contributed by atoms with Gasteiger partial charge in [0.25, 0.3) is 0 Å². The molecule has 0 unspecified atom stereocenters. The van der Waals surface area contributed by atoms with Gasteiger partial charge in [-0.05, 0) is 12.1 Å². The van der Waals surface area contributed by atoms with Gasteiger partial charge in [0.2, 0.25) is 0 Å². The maximum atomic E-state index is 5.25. The number of nitrogens with two attached hydrogens (primary N) is 1. The number of rotatable bonds is 5. The molecule has 0 radical (unpaired) electrons. The van der Waals surface area contributed by atoms with Crippen LogP contribution in [-0.2, 0) is 9.88 Å². The first-order valence-corrected chi connectivity index (χ1v) is 3.59. The van der Waals surface area contributed by atoms with Crippen LogP contribution in [-0.4, -0.2) is 13.2 Å². The van der Waals surface area contributed by atoms with Crippen LogP contribution in [0.2, 0.25) is 0 Å². The van der Waals surface area contributed by atoms with E-state index in [9.17, 15) is 0 Å². The number of hydrogen-bond acceptors (Lipinski definition) is 4. The topological polar surface area (TPSA) is 53.7 Å². The molecule has 13 heavy (non-hydrogen) atoms. The molecule has 0 aliphatic rings. The summed E-state index contributed by atoms with van der Waals surface area (Å²) in [5.41, 5.74) is 0. The number of para-hydroxylation sites is 1. The van der Waals surface area contributed by atoms with E-state index < -0.39 is 0 Å². The van der Waals surface area contributed by atoms with E-state index in [2.05, 4.69) is 15.8 Å². The van der Waals surface area contributed by atoms with Gasteiger partial charge in [-0.25, -0.2) is 4.89 Å². The summed E-state index contributed by atoms with van der Waals surface area (Å²) in [7, 11) is 0. The zero-order valence-corrected chi connectivity index (χ0v) is 7.83. The van der Waals surface area contributed by atoms with Crippen LogP contribution in [0.5, 0.6) is 5.75 Å². The molecule has 0 heterocycles. The fourth-order valence-electron chi connectivity index (χ4n) is 0.758.